The van der Waals surface area contributed by atoms with Crippen molar-refractivity contribution in [3.63, 3.8) is 0 Å². The highest BCUT2D eigenvalue weighted by atomic mass is 35.5. The van der Waals surface area contributed by atoms with Gasteiger partial charge in [-0.2, -0.15) is 17.5 Å². The van der Waals surface area contributed by atoms with Gasteiger partial charge in [-0.1, -0.05) is 12.5 Å². The molecule has 23 heavy (non-hydrogen) atoms. The van der Waals surface area contributed by atoms with E-state index < -0.39 is 21.8 Å². The Morgan fingerprint density at radius 3 is 2.52 bits per heavy atom. The molecular formula is C14H20ClF3N2O2S. The topological polar surface area (TPSA) is 63.4 Å². The van der Waals surface area contributed by atoms with E-state index in [2.05, 4.69) is 0 Å². The van der Waals surface area contributed by atoms with Gasteiger partial charge in [0.1, 0.15) is 0 Å². The molecule has 0 aromatic heterocycles. The van der Waals surface area contributed by atoms with Crippen LogP contribution in [-0.4, -0.2) is 31.9 Å². The Kier molecular flexibility index (Phi) is 6.48. The van der Waals surface area contributed by atoms with Gasteiger partial charge in [-0.05, 0) is 37.5 Å². The van der Waals surface area contributed by atoms with Crippen LogP contribution in [0.5, 0.6) is 0 Å². The van der Waals surface area contributed by atoms with Gasteiger partial charge < -0.3 is 5.73 Å². The number of alkyl halides is 3. The molecule has 1 aromatic rings. The van der Waals surface area contributed by atoms with Crippen molar-refractivity contribution < 1.29 is 21.6 Å². The normalized spacial score (nSPS) is 20.1. The minimum absolute atomic E-state index is 0. The molecule has 1 heterocycles. The second-order valence-corrected chi connectivity index (χ2v) is 7.37. The lowest BCUT2D eigenvalue weighted by Gasteiger charge is -2.34. The summed E-state index contributed by atoms with van der Waals surface area (Å²) in [5.74, 6) is 0. The Hall–Kier alpha value is -0.830. The molecule has 2 N–H and O–H groups in total. The van der Waals surface area contributed by atoms with Crippen molar-refractivity contribution in [2.24, 2.45) is 5.73 Å². The standard InChI is InChI=1S/C14H19F3N2O2S.ClH/c1-10-5-6-12(8-13(10)14(15,16)17)22(20,21)19-7-3-2-4-11(19)9-18;/h5-6,8,11H,2-4,7,9,18H2,1H3;1H. The average Bonchev–Trinajstić information content (AvgIpc) is 2.46. The van der Waals surface area contributed by atoms with Crippen LogP contribution < -0.4 is 5.73 Å². The first kappa shape index (κ1) is 20.2. The van der Waals surface area contributed by atoms with E-state index >= 15 is 0 Å². The van der Waals surface area contributed by atoms with Crippen LogP contribution in [0.25, 0.3) is 0 Å². The lowest BCUT2D eigenvalue weighted by molar-refractivity contribution is -0.138. The molecular weight excluding hydrogens is 353 g/mol. The first-order valence-corrected chi connectivity index (χ1v) is 8.51. The van der Waals surface area contributed by atoms with Crippen LogP contribution in [0.2, 0.25) is 0 Å². The fourth-order valence-electron chi connectivity index (χ4n) is 2.73. The lowest BCUT2D eigenvalue weighted by atomic mass is 10.1. The molecule has 0 spiro atoms. The van der Waals surface area contributed by atoms with Crippen molar-refractivity contribution in [1.82, 2.24) is 4.31 Å². The van der Waals surface area contributed by atoms with E-state index in [0.717, 1.165) is 6.42 Å². The van der Waals surface area contributed by atoms with E-state index in [-0.39, 0.29) is 35.5 Å². The SMILES string of the molecule is Cc1ccc(S(=O)(=O)N2CCCCC2CN)cc1C(F)(F)F.Cl. The minimum atomic E-state index is -4.58. The predicted octanol–water partition coefficient (Wildman–Crippen LogP) is 2.94. The van der Waals surface area contributed by atoms with E-state index in [9.17, 15) is 21.6 Å². The Morgan fingerprint density at radius 2 is 1.96 bits per heavy atom. The van der Waals surface area contributed by atoms with Crippen molar-refractivity contribution in [1.29, 1.82) is 0 Å². The van der Waals surface area contributed by atoms with Gasteiger partial charge >= 0.3 is 6.18 Å². The number of aryl methyl sites for hydroxylation is 1. The summed E-state index contributed by atoms with van der Waals surface area (Å²) in [6.07, 6.45) is -2.39. The van der Waals surface area contributed by atoms with Gasteiger partial charge in [0.25, 0.3) is 0 Å². The fourth-order valence-corrected chi connectivity index (χ4v) is 4.46. The third-order valence-corrected chi connectivity index (χ3v) is 5.91. The van der Waals surface area contributed by atoms with E-state index in [1.807, 2.05) is 0 Å². The van der Waals surface area contributed by atoms with Crippen molar-refractivity contribution in [2.75, 3.05) is 13.1 Å². The van der Waals surface area contributed by atoms with Crippen LogP contribution in [0, 0.1) is 6.92 Å². The maximum atomic E-state index is 13.0. The Morgan fingerprint density at radius 1 is 1.30 bits per heavy atom. The Labute approximate surface area is 140 Å². The highest BCUT2D eigenvalue weighted by molar-refractivity contribution is 7.89. The molecule has 9 heteroatoms. The number of benzene rings is 1. The van der Waals surface area contributed by atoms with Gasteiger partial charge in [0, 0.05) is 19.1 Å². The van der Waals surface area contributed by atoms with E-state index in [0.29, 0.717) is 25.5 Å². The number of hydrogen-bond donors (Lipinski definition) is 1. The van der Waals surface area contributed by atoms with E-state index in [1.165, 1.54) is 23.4 Å². The van der Waals surface area contributed by atoms with Crippen LogP contribution >= 0.6 is 12.4 Å². The predicted molar refractivity (Wildman–Crippen MR) is 84.0 cm³/mol. The van der Waals surface area contributed by atoms with Crippen molar-refractivity contribution in [3.8, 4) is 0 Å². The molecule has 0 aliphatic carbocycles. The number of nitrogens with two attached hydrogens (primary N) is 1. The molecule has 1 aliphatic heterocycles. The van der Waals surface area contributed by atoms with Crippen molar-refractivity contribution in [2.45, 2.75) is 43.3 Å². The summed E-state index contributed by atoms with van der Waals surface area (Å²) in [6.45, 7) is 1.76. The van der Waals surface area contributed by atoms with Crippen LogP contribution in [0.3, 0.4) is 0 Å². The summed E-state index contributed by atoms with van der Waals surface area (Å²) in [4.78, 5) is -0.328. The van der Waals surface area contributed by atoms with E-state index in [4.69, 9.17) is 5.73 Å². The maximum absolute atomic E-state index is 13.0. The highest BCUT2D eigenvalue weighted by Gasteiger charge is 2.36. The number of nitrogens with zero attached hydrogens (tertiary/aromatic N) is 1. The molecule has 0 radical (unpaired) electrons. The molecule has 1 unspecified atom stereocenters. The smallest absolute Gasteiger partial charge is 0.329 e. The molecule has 132 valence electrons. The monoisotopic (exact) mass is 372 g/mol. The minimum Gasteiger partial charge on any atom is -0.329 e. The van der Waals surface area contributed by atoms with Gasteiger partial charge in [-0.25, -0.2) is 8.42 Å². The summed E-state index contributed by atoms with van der Waals surface area (Å²) in [7, 11) is -3.97. The third-order valence-electron chi connectivity index (χ3n) is 3.97. The van der Waals surface area contributed by atoms with Crippen LogP contribution in [-0.2, 0) is 16.2 Å². The molecule has 0 bridgehead atoms. The van der Waals surface area contributed by atoms with Crippen molar-refractivity contribution >= 4 is 22.4 Å². The number of piperidine rings is 1. The van der Waals surface area contributed by atoms with Crippen molar-refractivity contribution in [3.05, 3.63) is 29.3 Å². The summed E-state index contributed by atoms with van der Waals surface area (Å²) in [5.41, 5.74) is 4.68. The zero-order valence-electron chi connectivity index (χ0n) is 12.6. The maximum Gasteiger partial charge on any atom is 0.416 e. The fraction of sp³-hybridized carbons (Fsp3) is 0.571. The zero-order chi connectivity index (χ0) is 16.5. The third kappa shape index (κ3) is 4.17. The molecule has 0 saturated carbocycles. The first-order chi connectivity index (χ1) is 10.2. The average molecular weight is 373 g/mol. The quantitative estimate of drug-likeness (QED) is 0.887. The number of halogens is 4. The van der Waals surface area contributed by atoms with Gasteiger partial charge in [0.2, 0.25) is 10.0 Å². The van der Waals surface area contributed by atoms with E-state index in [1.54, 1.807) is 0 Å². The number of sulfonamides is 1. The van der Waals surface area contributed by atoms with Gasteiger partial charge in [0.05, 0.1) is 10.5 Å². The van der Waals surface area contributed by atoms with Gasteiger partial charge in [-0.15, -0.1) is 12.4 Å². The molecule has 1 atom stereocenters. The zero-order valence-corrected chi connectivity index (χ0v) is 14.3. The summed E-state index contributed by atoms with van der Waals surface area (Å²) < 4.78 is 65.5. The molecule has 2 rings (SSSR count). The van der Waals surface area contributed by atoms with Crippen LogP contribution in [0.4, 0.5) is 13.2 Å². The molecule has 0 amide bonds. The van der Waals surface area contributed by atoms with Crippen LogP contribution in [0.1, 0.15) is 30.4 Å². The Balaban J connectivity index is 0.00000264. The molecule has 1 aliphatic rings. The second-order valence-electron chi connectivity index (χ2n) is 5.48. The molecule has 1 saturated heterocycles. The molecule has 1 aromatic carbocycles. The summed E-state index contributed by atoms with van der Waals surface area (Å²) in [6, 6.07) is 2.78. The first-order valence-electron chi connectivity index (χ1n) is 7.07. The molecule has 4 nitrogen and oxygen atoms in total. The summed E-state index contributed by atoms with van der Waals surface area (Å²) in [5, 5.41) is 0. The largest absolute Gasteiger partial charge is 0.416 e. The lowest BCUT2D eigenvalue weighted by Crippen LogP contribution is -2.47. The highest BCUT2D eigenvalue weighted by Crippen LogP contribution is 2.34. The molecule has 1 fully saturated rings. The summed E-state index contributed by atoms with van der Waals surface area (Å²) >= 11 is 0. The Bertz CT molecular complexity index is 650. The van der Waals surface area contributed by atoms with Crippen LogP contribution in [0.15, 0.2) is 23.1 Å². The van der Waals surface area contributed by atoms with Gasteiger partial charge in [-0.3, -0.25) is 0 Å². The van der Waals surface area contributed by atoms with Gasteiger partial charge in [0.15, 0.2) is 0 Å². The second kappa shape index (κ2) is 7.38. The number of hydrogen-bond acceptors (Lipinski definition) is 3. The number of rotatable bonds is 3.